The van der Waals surface area contributed by atoms with Gasteiger partial charge >= 0.3 is 5.97 Å². The molecule has 1 saturated carbocycles. The Morgan fingerprint density at radius 3 is 2.47 bits per heavy atom. The monoisotopic (exact) mass is 237 g/mol. The molecule has 1 aliphatic carbocycles. The lowest BCUT2D eigenvalue weighted by Gasteiger charge is -2.33. The minimum absolute atomic E-state index is 0.0563. The Hall–Kier alpha value is -1.39. The van der Waals surface area contributed by atoms with Gasteiger partial charge in [-0.2, -0.15) is 0 Å². The molecule has 3 fully saturated rings. The highest BCUT2D eigenvalue weighted by molar-refractivity contribution is 6.40. The van der Waals surface area contributed by atoms with E-state index < -0.39 is 29.6 Å². The molecule has 92 valence electrons. The van der Waals surface area contributed by atoms with Crippen LogP contribution >= 0.6 is 0 Å². The largest absolute Gasteiger partial charge is 0.463 e. The fraction of sp³-hybridized carbons (Fsp3) is 0.750. The van der Waals surface area contributed by atoms with Crippen molar-refractivity contribution in [3.63, 3.8) is 0 Å². The molecule has 0 unspecified atom stereocenters. The predicted molar refractivity (Wildman–Crippen MR) is 57.0 cm³/mol. The van der Waals surface area contributed by atoms with Gasteiger partial charge in [0.25, 0.3) is 5.91 Å². The van der Waals surface area contributed by atoms with Crippen molar-refractivity contribution in [2.75, 3.05) is 6.61 Å². The summed E-state index contributed by atoms with van der Waals surface area (Å²) < 4.78 is 4.91. The molecule has 2 heterocycles. The standard InChI is InChI=1S/C12H15NO4/c14-10-8-6-17-12(16)9(8)13(11(10)15)7-4-2-1-3-5-7/h7-9H,1-6H2/t8-,9-/m0/s1. The normalized spacial score (nSPS) is 34.1. The molecule has 17 heavy (non-hydrogen) atoms. The third kappa shape index (κ3) is 1.48. The van der Waals surface area contributed by atoms with Gasteiger partial charge < -0.3 is 9.64 Å². The van der Waals surface area contributed by atoms with Crippen molar-refractivity contribution in [1.29, 1.82) is 0 Å². The Labute approximate surface area is 99.1 Å². The molecular formula is C12H15NO4. The number of nitrogens with zero attached hydrogens (tertiary/aromatic N) is 1. The molecule has 0 aromatic heterocycles. The summed E-state index contributed by atoms with van der Waals surface area (Å²) in [6.07, 6.45) is 5.10. The van der Waals surface area contributed by atoms with Crippen LogP contribution in [0.5, 0.6) is 0 Å². The van der Waals surface area contributed by atoms with Crippen molar-refractivity contribution in [2.45, 2.75) is 44.2 Å². The first kappa shape index (κ1) is 10.7. The van der Waals surface area contributed by atoms with Crippen LogP contribution in [0.4, 0.5) is 0 Å². The summed E-state index contributed by atoms with van der Waals surface area (Å²) in [4.78, 5) is 36.8. The van der Waals surface area contributed by atoms with Crippen LogP contribution in [-0.4, -0.2) is 41.3 Å². The zero-order valence-corrected chi connectivity index (χ0v) is 9.55. The molecule has 1 amide bonds. The van der Waals surface area contributed by atoms with Gasteiger partial charge in [0.1, 0.15) is 12.6 Å². The van der Waals surface area contributed by atoms with Gasteiger partial charge in [-0.1, -0.05) is 19.3 Å². The topological polar surface area (TPSA) is 63.7 Å². The Kier molecular flexibility index (Phi) is 2.42. The first-order valence-corrected chi connectivity index (χ1v) is 6.23. The number of ketones is 1. The van der Waals surface area contributed by atoms with Crippen LogP contribution in [-0.2, 0) is 19.1 Å². The van der Waals surface area contributed by atoms with Gasteiger partial charge in [-0.25, -0.2) is 4.79 Å². The minimum Gasteiger partial charge on any atom is -0.463 e. The predicted octanol–water partition coefficient (Wildman–Crippen LogP) is 0.272. The summed E-state index contributed by atoms with van der Waals surface area (Å²) in [7, 11) is 0. The maximum atomic E-state index is 11.9. The molecule has 0 aromatic rings. The molecule has 0 spiro atoms. The second kappa shape index (κ2) is 3.82. The third-order valence-corrected chi connectivity index (χ3v) is 4.08. The quantitative estimate of drug-likeness (QED) is 0.485. The SMILES string of the molecule is O=C1C(=O)N(C2CCCCC2)[C@@H]2C(=O)OC[C@H]12. The first-order valence-electron chi connectivity index (χ1n) is 6.23. The molecule has 0 aromatic carbocycles. The van der Waals surface area contributed by atoms with Crippen LogP contribution in [0.3, 0.4) is 0 Å². The number of hydrogen-bond donors (Lipinski definition) is 0. The van der Waals surface area contributed by atoms with Crippen molar-refractivity contribution in [2.24, 2.45) is 5.92 Å². The van der Waals surface area contributed by atoms with E-state index in [1.165, 1.54) is 11.3 Å². The van der Waals surface area contributed by atoms with Crippen LogP contribution in [0.1, 0.15) is 32.1 Å². The molecule has 2 atom stereocenters. The molecule has 0 radical (unpaired) electrons. The fourth-order valence-corrected chi connectivity index (χ4v) is 3.20. The van der Waals surface area contributed by atoms with Crippen LogP contribution in [0, 0.1) is 5.92 Å². The van der Waals surface area contributed by atoms with E-state index in [9.17, 15) is 14.4 Å². The van der Waals surface area contributed by atoms with Crippen LogP contribution < -0.4 is 0 Å². The van der Waals surface area contributed by atoms with Gasteiger partial charge in [0.05, 0.1) is 5.92 Å². The summed E-state index contributed by atoms with van der Waals surface area (Å²) in [5.74, 6) is -1.85. The second-order valence-electron chi connectivity index (χ2n) is 5.05. The highest BCUT2D eigenvalue weighted by Gasteiger charge is 2.57. The molecule has 0 N–H and O–H groups in total. The lowest BCUT2D eigenvalue weighted by Crippen LogP contribution is -2.46. The molecule has 3 aliphatic rings. The number of cyclic esters (lactones) is 1. The maximum absolute atomic E-state index is 11.9. The summed E-state index contributed by atoms with van der Waals surface area (Å²) in [5, 5.41) is 0. The van der Waals surface area contributed by atoms with E-state index in [1.54, 1.807) is 0 Å². The maximum Gasteiger partial charge on any atom is 0.329 e. The molecule has 0 bridgehead atoms. The number of fused-ring (bicyclic) bond motifs is 1. The number of esters is 1. The zero-order chi connectivity index (χ0) is 12.0. The van der Waals surface area contributed by atoms with Crippen molar-refractivity contribution >= 4 is 17.7 Å². The fourth-order valence-electron chi connectivity index (χ4n) is 3.20. The van der Waals surface area contributed by atoms with Crippen LogP contribution in [0.25, 0.3) is 0 Å². The number of rotatable bonds is 1. The Morgan fingerprint density at radius 2 is 1.76 bits per heavy atom. The summed E-state index contributed by atoms with van der Waals surface area (Å²) in [6.45, 7) is 0.0806. The molecular weight excluding hydrogens is 222 g/mol. The Bertz CT molecular complexity index is 386. The van der Waals surface area contributed by atoms with Gasteiger partial charge in [0.15, 0.2) is 0 Å². The highest BCUT2D eigenvalue weighted by atomic mass is 16.5. The van der Waals surface area contributed by atoms with Crippen molar-refractivity contribution in [3.8, 4) is 0 Å². The average Bonchev–Trinajstić information content (AvgIpc) is 2.83. The van der Waals surface area contributed by atoms with Gasteiger partial charge in [0.2, 0.25) is 5.78 Å². The average molecular weight is 237 g/mol. The summed E-state index contributed by atoms with van der Waals surface area (Å²) in [5.41, 5.74) is 0. The number of hydrogen-bond acceptors (Lipinski definition) is 4. The number of carbonyl (C=O) groups excluding carboxylic acids is 3. The molecule has 5 heteroatoms. The number of likely N-dealkylation sites (tertiary alicyclic amines) is 1. The molecule has 3 rings (SSSR count). The van der Waals surface area contributed by atoms with E-state index in [-0.39, 0.29) is 12.6 Å². The van der Waals surface area contributed by atoms with Crippen LogP contribution in [0.15, 0.2) is 0 Å². The summed E-state index contributed by atoms with van der Waals surface area (Å²) >= 11 is 0. The lowest BCUT2D eigenvalue weighted by molar-refractivity contribution is -0.150. The summed E-state index contributed by atoms with van der Waals surface area (Å²) in [6, 6.07) is -0.570. The van der Waals surface area contributed by atoms with Crippen LogP contribution in [0.2, 0.25) is 0 Å². The molecule has 2 aliphatic heterocycles. The van der Waals surface area contributed by atoms with E-state index in [0.717, 1.165) is 25.7 Å². The number of Topliss-reactive ketones (excluding diaryl/α,β-unsaturated/α-hetero) is 1. The van der Waals surface area contributed by atoms with Crippen molar-refractivity contribution in [3.05, 3.63) is 0 Å². The van der Waals surface area contributed by atoms with E-state index in [4.69, 9.17) is 4.74 Å². The second-order valence-corrected chi connectivity index (χ2v) is 5.05. The van der Waals surface area contributed by atoms with Crippen molar-refractivity contribution < 1.29 is 19.1 Å². The van der Waals surface area contributed by atoms with Gasteiger partial charge in [-0.3, -0.25) is 9.59 Å². The smallest absolute Gasteiger partial charge is 0.329 e. The third-order valence-electron chi connectivity index (χ3n) is 4.08. The highest BCUT2D eigenvalue weighted by Crippen LogP contribution is 2.35. The van der Waals surface area contributed by atoms with E-state index in [0.29, 0.717) is 0 Å². The molecule has 2 saturated heterocycles. The van der Waals surface area contributed by atoms with E-state index in [2.05, 4.69) is 0 Å². The first-order chi connectivity index (χ1) is 8.20. The van der Waals surface area contributed by atoms with E-state index >= 15 is 0 Å². The zero-order valence-electron chi connectivity index (χ0n) is 9.55. The van der Waals surface area contributed by atoms with Gasteiger partial charge in [-0.15, -0.1) is 0 Å². The number of carbonyl (C=O) groups is 3. The van der Waals surface area contributed by atoms with E-state index in [1.807, 2.05) is 0 Å². The minimum atomic E-state index is -0.627. The Morgan fingerprint density at radius 1 is 1.06 bits per heavy atom. The van der Waals surface area contributed by atoms with Gasteiger partial charge in [-0.05, 0) is 12.8 Å². The lowest BCUT2D eigenvalue weighted by atomic mass is 9.93. The Balaban J connectivity index is 1.88. The van der Waals surface area contributed by atoms with Crippen molar-refractivity contribution in [1.82, 2.24) is 4.90 Å². The van der Waals surface area contributed by atoms with Gasteiger partial charge in [0, 0.05) is 6.04 Å². The molecule has 5 nitrogen and oxygen atoms in total. The number of ether oxygens (including phenoxy) is 1. The number of amides is 1.